The fraction of sp³-hybridized carbons (Fsp3) is 0.923. The van der Waals surface area contributed by atoms with Crippen LogP contribution in [0.3, 0.4) is 0 Å². The van der Waals surface area contributed by atoms with Crippen LogP contribution in [0.1, 0.15) is 129 Å². The molecule has 0 aromatic rings. The number of sulfonamides is 1. The third-order valence-electron chi connectivity index (χ3n) is 8.91. The van der Waals surface area contributed by atoms with E-state index in [1.54, 1.807) is 27.7 Å². The summed E-state index contributed by atoms with van der Waals surface area (Å²) in [5, 5.41) is 7.64. The van der Waals surface area contributed by atoms with Crippen LogP contribution in [0.5, 0.6) is 0 Å². The van der Waals surface area contributed by atoms with Gasteiger partial charge in [0, 0.05) is 70.7 Å². The lowest BCUT2D eigenvalue weighted by Crippen LogP contribution is -2.49. The first-order chi connectivity index (χ1) is 28.9. The fourth-order valence-electron chi connectivity index (χ4n) is 5.21. The maximum Gasteiger partial charge on any atom is 0.500 e. The molecule has 0 radical (unpaired) electrons. The van der Waals surface area contributed by atoms with Crippen LogP contribution >= 0.6 is 0 Å². The highest BCUT2D eigenvalue weighted by Gasteiger charge is 2.40. The van der Waals surface area contributed by atoms with Gasteiger partial charge in [-0.2, -0.15) is 8.42 Å². The maximum atomic E-state index is 11.9. The van der Waals surface area contributed by atoms with E-state index in [9.17, 15) is 31.2 Å². The van der Waals surface area contributed by atoms with Gasteiger partial charge in [0.2, 0.25) is 15.9 Å². The van der Waals surface area contributed by atoms with Gasteiger partial charge in [0.05, 0.1) is 29.0 Å². The predicted octanol–water partition coefficient (Wildman–Crippen LogP) is 5.27. The lowest BCUT2D eigenvalue weighted by molar-refractivity contribution is -0.147. The Balaban J connectivity index is -0.000000873. The summed E-state index contributed by atoms with van der Waals surface area (Å²) in [5.74, 6) is -1.20. The summed E-state index contributed by atoms with van der Waals surface area (Å²) in [7, 11) is -12.6. The lowest BCUT2D eigenvalue weighted by Gasteiger charge is -2.28. The summed E-state index contributed by atoms with van der Waals surface area (Å²) in [6.45, 7) is 30.1. The van der Waals surface area contributed by atoms with Gasteiger partial charge in [-0.3, -0.25) is 14.1 Å². The monoisotopic (exact) mass is 971 g/mol. The normalized spacial score (nSPS) is 13.7. The number of amides is 3. The summed E-state index contributed by atoms with van der Waals surface area (Å²) >= 11 is 0. The Morgan fingerprint density at radius 3 is 1.39 bits per heavy atom. The quantitative estimate of drug-likeness (QED) is 0.0243. The third kappa shape index (κ3) is 32.0. The van der Waals surface area contributed by atoms with Crippen molar-refractivity contribution in [2.24, 2.45) is 11.8 Å². The Hall–Kier alpha value is -1.78. The molecule has 372 valence electrons. The van der Waals surface area contributed by atoms with Crippen LogP contribution in [0.4, 0.5) is 4.79 Å². The van der Waals surface area contributed by atoms with Crippen molar-refractivity contribution < 1.29 is 67.1 Å². The van der Waals surface area contributed by atoms with E-state index in [0.29, 0.717) is 90.5 Å². The number of carbonyl (C=O) groups excluding carboxylic acids is 3. The van der Waals surface area contributed by atoms with Crippen LogP contribution in [-0.4, -0.2) is 139 Å². The van der Waals surface area contributed by atoms with Gasteiger partial charge in [0.15, 0.2) is 0 Å². The van der Waals surface area contributed by atoms with Crippen molar-refractivity contribution in [3.8, 4) is 0 Å². The molecule has 5 N–H and O–H groups in total. The first kappa shape index (κ1) is 64.5. The minimum absolute atomic E-state index is 0.116. The number of urea groups is 1. The minimum Gasteiger partial charge on any atom is -0.464 e. The van der Waals surface area contributed by atoms with E-state index in [1.807, 2.05) is 69.2 Å². The first-order valence-electron chi connectivity index (χ1n) is 22.2. The molecule has 0 aromatic heterocycles. The Morgan fingerprint density at radius 1 is 0.613 bits per heavy atom. The number of esters is 1. The molecule has 3 unspecified atom stereocenters. The zero-order valence-electron chi connectivity index (χ0n) is 40.4. The van der Waals surface area contributed by atoms with Crippen LogP contribution < -0.4 is 20.7 Å². The van der Waals surface area contributed by atoms with Crippen molar-refractivity contribution in [1.82, 2.24) is 20.7 Å². The zero-order valence-corrected chi connectivity index (χ0v) is 44.1. The van der Waals surface area contributed by atoms with Gasteiger partial charge in [0.25, 0.3) is 10.1 Å². The van der Waals surface area contributed by atoms with E-state index < -0.39 is 49.0 Å². The molecule has 0 spiro atoms. The highest BCUT2D eigenvalue weighted by Crippen LogP contribution is 2.19. The van der Waals surface area contributed by atoms with E-state index in [-0.39, 0.29) is 48.1 Å². The van der Waals surface area contributed by atoms with E-state index in [2.05, 4.69) is 20.7 Å². The van der Waals surface area contributed by atoms with E-state index in [4.69, 9.17) is 35.8 Å². The summed E-state index contributed by atoms with van der Waals surface area (Å²) < 4.78 is 96.0. The third-order valence-corrected chi connectivity index (χ3v) is 18.3. The van der Waals surface area contributed by atoms with Crippen molar-refractivity contribution in [2.75, 3.05) is 71.6 Å². The van der Waals surface area contributed by atoms with Crippen molar-refractivity contribution in [3.63, 3.8) is 0 Å². The van der Waals surface area contributed by atoms with Gasteiger partial charge in [-0.1, -0.05) is 34.6 Å². The average molecular weight is 971 g/mol. The molecule has 0 aliphatic rings. The van der Waals surface area contributed by atoms with Crippen molar-refractivity contribution >= 4 is 55.7 Å². The topological polar surface area (TPSA) is 252 Å². The van der Waals surface area contributed by atoms with Gasteiger partial charge in [-0.15, -0.1) is 0 Å². The minimum atomic E-state index is -4.07. The number of hydrogen-bond acceptors (Lipinski definition) is 14. The van der Waals surface area contributed by atoms with Gasteiger partial charge in [-0.25, -0.2) is 17.9 Å². The Bertz CT molecular complexity index is 1380. The number of ether oxygens (including phenoxy) is 1. The molecule has 0 bridgehead atoms. The molecule has 19 nitrogen and oxygen atoms in total. The molecule has 0 aliphatic carbocycles. The molecule has 0 fully saturated rings. The molecule has 23 heteroatoms. The molecule has 0 heterocycles. The maximum absolute atomic E-state index is 11.9. The standard InChI is InChI=1S/C17H36N2O6Si.C13H31NO5SSi.C9H19NO4S/c1-6-15(5)16(20)22-13-12-19-17(21)18-11-10-14-26(23-7-2,24-8-3)25-9-4;1-6-13(5)20(15,16)14-11-10-12-21(17-7-2,18-8-3)19-9-4;1-5-7(2)8(11)10-9(3,4)6-15(12,13)14/h15H,6-14H2,1-5H3,(H2,18,19,21);13-14H,6-12H2,1-5H3;7H,5-6H2,1-4H3,(H,10,11)(H,12,13,14). The second-order valence-corrected chi connectivity index (χ2v) is 24.0. The number of carbonyl (C=O) groups is 3. The Morgan fingerprint density at radius 2 is 1.02 bits per heavy atom. The largest absolute Gasteiger partial charge is 0.500 e. The van der Waals surface area contributed by atoms with Gasteiger partial charge in [-0.05, 0) is 94.4 Å². The van der Waals surface area contributed by atoms with Crippen LogP contribution in [-0.2, 0) is 61.0 Å². The highest BCUT2D eigenvalue weighted by molar-refractivity contribution is 7.90. The SMILES string of the molecule is CCC(C)C(=O)NC(C)(C)CS(=O)(=O)O.CCO[Si](CCCNC(=O)NCCOC(=O)C(C)CC)(OCC)OCC.CCO[Si](CCCNS(=O)(=O)C(C)CC)(OCC)OCC. The summed E-state index contributed by atoms with van der Waals surface area (Å²) in [5.41, 5.74) is -0.950. The second-order valence-electron chi connectivity index (χ2n) is 14.9. The molecule has 3 amide bonds. The molecular weight excluding hydrogens is 885 g/mol. The molecule has 3 atom stereocenters. The van der Waals surface area contributed by atoms with Gasteiger partial charge in [0.1, 0.15) is 6.61 Å². The van der Waals surface area contributed by atoms with E-state index in [1.165, 1.54) is 0 Å². The van der Waals surface area contributed by atoms with E-state index in [0.717, 1.165) is 6.42 Å². The Labute approximate surface area is 377 Å². The van der Waals surface area contributed by atoms with Crippen molar-refractivity contribution in [1.29, 1.82) is 0 Å². The molecule has 62 heavy (non-hydrogen) atoms. The first-order valence-corrected chi connectivity index (χ1v) is 29.2. The zero-order chi connectivity index (χ0) is 48.5. The molecule has 0 aromatic carbocycles. The smallest absolute Gasteiger partial charge is 0.464 e. The molecule has 0 saturated heterocycles. The molecular formula is C39H86N4O15S2Si2. The predicted molar refractivity (Wildman–Crippen MR) is 247 cm³/mol. The summed E-state index contributed by atoms with van der Waals surface area (Å²) in [4.78, 5) is 34.7. The molecule has 0 saturated carbocycles. The number of nitrogens with one attached hydrogen (secondary N) is 4. The highest BCUT2D eigenvalue weighted by atomic mass is 32.2. The van der Waals surface area contributed by atoms with Crippen LogP contribution in [0.25, 0.3) is 0 Å². The average Bonchev–Trinajstić information content (AvgIpc) is 3.18. The number of hydrogen-bond donors (Lipinski definition) is 5. The summed E-state index contributed by atoms with van der Waals surface area (Å²) in [6, 6.07) is 0.974. The molecule has 0 aliphatic heterocycles. The van der Waals surface area contributed by atoms with Gasteiger partial charge >= 0.3 is 29.6 Å². The second kappa shape index (κ2) is 35.5. The van der Waals surface area contributed by atoms with Gasteiger partial charge < -0.3 is 47.2 Å². The number of rotatable bonds is 33. The molecule has 0 rings (SSSR count). The van der Waals surface area contributed by atoms with Crippen molar-refractivity contribution in [2.45, 2.75) is 152 Å². The van der Waals surface area contributed by atoms with Crippen LogP contribution in [0, 0.1) is 11.8 Å². The van der Waals surface area contributed by atoms with Crippen LogP contribution in [0.15, 0.2) is 0 Å². The Kier molecular flexibility index (Phi) is 36.9. The fourth-order valence-corrected chi connectivity index (χ4v) is 12.6. The van der Waals surface area contributed by atoms with E-state index >= 15 is 0 Å². The van der Waals surface area contributed by atoms with Crippen LogP contribution in [0.2, 0.25) is 12.1 Å². The summed E-state index contributed by atoms with van der Waals surface area (Å²) in [6.07, 6.45) is 3.37. The lowest BCUT2D eigenvalue weighted by atomic mass is 10.0. The van der Waals surface area contributed by atoms with Crippen molar-refractivity contribution in [3.05, 3.63) is 0 Å².